The molecular formula is C13H12Cl2N4O2S. The van der Waals surface area contributed by atoms with E-state index in [9.17, 15) is 9.59 Å². The van der Waals surface area contributed by atoms with Crippen molar-refractivity contribution in [2.45, 2.75) is 18.6 Å². The summed E-state index contributed by atoms with van der Waals surface area (Å²) in [5.41, 5.74) is 0.741. The number of hydrogen-bond donors (Lipinski definition) is 2. The number of amides is 1. The fourth-order valence-electron chi connectivity index (χ4n) is 1.49. The van der Waals surface area contributed by atoms with Crippen molar-refractivity contribution < 1.29 is 4.79 Å². The number of halogens is 2. The molecule has 22 heavy (non-hydrogen) atoms. The second kappa shape index (κ2) is 7.62. The van der Waals surface area contributed by atoms with Crippen molar-refractivity contribution in [3.05, 3.63) is 49.9 Å². The van der Waals surface area contributed by atoms with Crippen molar-refractivity contribution in [3.63, 3.8) is 0 Å². The maximum atomic E-state index is 11.8. The summed E-state index contributed by atoms with van der Waals surface area (Å²) in [7, 11) is 0. The van der Waals surface area contributed by atoms with Crippen LogP contribution in [-0.2, 0) is 11.3 Å². The second-order valence-electron chi connectivity index (χ2n) is 4.35. The average molecular weight is 359 g/mol. The Kier molecular flexibility index (Phi) is 5.82. The van der Waals surface area contributed by atoms with Gasteiger partial charge in [-0.3, -0.25) is 14.6 Å². The molecule has 0 bridgehead atoms. The normalized spacial score (nSPS) is 10.5. The minimum atomic E-state index is -0.314. The van der Waals surface area contributed by atoms with E-state index in [4.69, 9.17) is 23.2 Å². The molecule has 116 valence electrons. The van der Waals surface area contributed by atoms with E-state index in [0.29, 0.717) is 21.7 Å². The van der Waals surface area contributed by atoms with Crippen LogP contribution in [0, 0.1) is 6.92 Å². The van der Waals surface area contributed by atoms with Crippen LogP contribution < -0.4 is 10.9 Å². The Morgan fingerprint density at radius 1 is 1.36 bits per heavy atom. The molecule has 0 fully saturated rings. The number of aromatic amines is 1. The topological polar surface area (TPSA) is 87.7 Å². The molecule has 0 aliphatic carbocycles. The first-order valence-corrected chi connectivity index (χ1v) is 7.97. The van der Waals surface area contributed by atoms with Crippen LogP contribution in [0.3, 0.4) is 0 Å². The Morgan fingerprint density at radius 2 is 2.14 bits per heavy atom. The highest BCUT2D eigenvalue weighted by Crippen LogP contribution is 2.20. The van der Waals surface area contributed by atoms with Gasteiger partial charge in [0, 0.05) is 16.6 Å². The summed E-state index contributed by atoms with van der Waals surface area (Å²) in [6.45, 7) is 1.86. The van der Waals surface area contributed by atoms with E-state index in [1.165, 1.54) is 0 Å². The van der Waals surface area contributed by atoms with E-state index in [1.54, 1.807) is 25.1 Å². The highest BCUT2D eigenvalue weighted by Gasteiger charge is 2.07. The largest absolute Gasteiger partial charge is 0.351 e. The molecule has 2 aromatic rings. The van der Waals surface area contributed by atoms with Crippen LogP contribution in [0.15, 0.2) is 28.2 Å². The van der Waals surface area contributed by atoms with Gasteiger partial charge in [0.15, 0.2) is 5.16 Å². The summed E-state index contributed by atoms with van der Waals surface area (Å²) >= 11 is 12.9. The number of hydrogen-bond acceptors (Lipinski definition) is 5. The van der Waals surface area contributed by atoms with Gasteiger partial charge in [-0.2, -0.15) is 0 Å². The Labute approximate surface area is 140 Å². The van der Waals surface area contributed by atoms with Gasteiger partial charge in [-0.25, -0.2) is 0 Å². The minimum Gasteiger partial charge on any atom is -0.351 e. The van der Waals surface area contributed by atoms with Gasteiger partial charge in [0.05, 0.1) is 5.75 Å². The Bertz CT molecular complexity index is 751. The summed E-state index contributed by atoms with van der Waals surface area (Å²) in [5.74, 6) is -0.0990. The molecule has 2 rings (SSSR count). The predicted molar refractivity (Wildman–Crippen MR) is 86.4 cm³/mol. The quantitative estimate of drug-likeness (QED) is 0.799. The second-order valence-corrected chi connectivity index (χ2v) is 6.15. The molecule has 1 aromatic carbocycles. The van der Waals surface area contributed by atoms with E-state index < -0.39 is 0 Å². The maximum Gasteiger partial charge on any atom is 0.273 e. The van der Waals surface area contributed by atoms with Gasteiger partial charge >= 0.3 is 0 Å². The van der Waals surface area contributed by atoms with E-state index in [1.807, 2.05) is 0 Å². The Balaban J connectivity index is 1.85. The van der Waals surface area contributed by atoms with Crippen LogP contribution in [0.1, 0.15) is 11.3 Å². The molecule has 0 aliphatic rings. The number of carbonyl (C=O) groups excluding carboxylic acids is 1. The van der Waals surface area contributed by atoms with Crippen molar-refractivity contribution in [1.29, 1.82) is 0 Å². The van der Waals surface area contributed by atoms with Crippen molar-refractivity contribution in [2.75, 3.05) is 5.75 Å². The highest BCUT2D eigenvalue weighted by atomic mass is 35.5. The minimum absolute atomic E-state index is 0.110. The monoisotopic (exact) mass is 358 g/mol. The fourth-order valence-corrected chi connectivity index (χ4v) is 2.60. The van der Waals surface area contributed by atoms with Crippen LogP contribution in [0.4, 0.5) is 0 Å². The third-order valence-corrected chi connectivity index (χ3v) is 4.12. The molecule has 0 spiro atoms. The zero-order chi connectivity index (χ0) is 16.1. The van der Waals surface area contributed by atoms with Gasteiger partial charge in [0.2, 0.25) is 5.91 Å². The summed E-state index contributed by atoms with van der Waals surface area (Å²) in [4.78, 5) is 25.7. The summed E-state index contributed by atoms with van der Waals surface area (Å²) < 4.78 is 0. The number of nitrogens with one attached hydrogen (secondary N) is 2. The molecular weight excluding hydrogens is 347 g/mol. The number of nitrogens with zero attached hydrogens (tertiary/aromatic N) is 2. The summed E-state index contributed by atoms with van der Waals surface area (Å²) in [6.07, 6.45) is 0. The lowest BCUT2D eigenvalue weighted by atomic mass is 10.2. The standard InChI is InChI=1S/C13H12Cl2N4O2S/c1-7-12(21)17-13(19-18-7)22-6-11(20)16-5-8-2-3-9(14)4-10(8)15/h2-4H,5-6H2,1H3,(H,16,20)(H,17,19,21). The van der Waals surface area contributed by atoms with E-state index in [-0.39, 0.29) is 22.9 Å². The third-order valence-electron chi connectivity index (χ3n) is 2.67. The van der Waals surface area contributed by atoms with Crippen LogP contribution in [-0.4, -0.2) is 26.8 Å². The van der Waals surface area contributed by atoms with Crippen molar-refractivity contribution >= 4 is 40.9 Å². The molecule has 2 N–H and O–H groups in total. The van der Waals surface area contributed by atoms with Gasteiger partial charge in [0.25, 0.3) is 5.56 Å². The van der Waals surface area contributed by atoms with Crippen molar-refractivity contribution in [3.8, 4) is 0 Å². The number of rotatable bonds is 5. The van der Waals surface area contributed by atoms with Crippen molar-refractivity contribution in [2.24, 2.45) is 0 Å². The molecule has 0 aliphatic heterocycles. The Morgan fingerprint density at radius 3 is 2.82 bits per heavy atom. The van der Waals surface area contributed by atoms with Crippen molar-refractivity contribution in [1.82, 2.24) is 20.5 Å². The molecule has 0 atom stereocenters. The lowest BCUT2D eigenvalue weighted by Gasteiger charge is -2.07. The molecule has 9 heteroatoms. The molecule has 1 aromatic heterocycles. The molecule has 0 unspecified atom stereocenters. The summed E-state index contributed by atoms with van der Waals surface area (Å²) in [6, 6.07) is 5.07. The fraction of sp³-hybridized carbons (Fsp3) is 0.231. The number of thioether (sulfide) groups is 1. The molecule has 6 nitrogen and oxygen atoms in total. The molecule has 1 amide bonds. The smallest absolute Gasteiger partial charge is 0.273 e. The lowest BCUT2D eigenvalue weighted by molar-refractivity contribution is -0.118. The molecule has 0 saturated carbocycles. The number of carbonyl (C=O) groups is 1. The predicted octanol–water partition coefficient (Wildman–Crippen LogP) is 2.19. The van der Waals surface area contributed by atoms with E-state index in [2.05, 4.69) is 20.5 Å². The first-order valence-electron chi connectivity index (χ1n) is 6.22. The molecule has 0 radical (unpaired) electrons. The zero-order valence-corrected chi connectivity index (χ0v) is 13.8. The van der Waals surface area contributed by atoms with Crippen LogP contribution in [0.2, 0.25) is 10.0 Å². The first kappa shape index (κ1) is 16.8. The number of aromatic nitrogens is 3. The van der Waals surface area contributed by atoms with Crippen LogP contribution >= 0.6 is 35.0 Å². The number of benzene rings is 1. The molecule has 0 saturated heterocycles. The van der Waals surface area contributed by atoms with Gasteiger partial charge in [-0.05, 0) is 24.6 Å². The maximum absolute atomic E-state index is 11.8. The number of H-pyrrole nitrogens is 1. The van der Waals surface area contributed by atoms with E-state index >= 15 is 0 Å². The van der Waals surface area contributed by atoms with Gasteiger partial charge in [0.1, 0.15) is 5.69 Å². The highest BCUT2D eigenvalue weighted by molar-refractivity contribution is 7.99. The van der Waals surface area contributed by atoms with Gasteiger partial charge < -0.3 is 5.32 Å². The Hall–Kier alpha value is -1.57. The van der Waals surface area contributed by atoms with E-state index in [0.717, 1.165) is 17.3 Å². The molecule has 1 heterocycles. The first-order chi connectivity index (χ1) is 10.5. The number of aryl methyl sites for hydroxylation is 1. The van der Waals surface area contributed by atoms with Crippen LogP contribution in [0.25, 0.3) is 0 Å². The van der Waals surface area contributed by atoms with Gasteiger partial charge in [-0.1, -0.05) is 41.0 Å². The average Bonchev–Trinajstić information content (AvgIpc) is 2.47. The lowest BCUT2D eigenvalue weighted by Crippen LogP contribution is -2.25. The SMILES string of the molecule is Cc1nnc(SCC(=O)NCc2ccc(Cl)cc2Cl)[nH]c1=O. The third kappa shape index (κ3) is 4.72. The zero-order valence-electron chi connectivity index (χ0n) is 11.5. The van der Waals surface area contributed by atoms with Crippen LogP contribution in [0.5, 0.6) is 0 Å². The van der Waals surface area contributed by atoms with Gasteiger partial charge in [-0.15, -0.1) is 10.2 Å². The summed E-state index contributed by atoms with van der Waals surface area (Å²) in [5, 5.41) is 11.6.